The van der Waals surface area contributed by atoms with E-state index in [9.17, 15) is 24.6 Å². The maximum Gasteiger partial charge on any atom is 0.405 e. The number of aliphatic hydroxyl groups excluding tert-OH is 1. The molecule has 43 heavy (non-hydrogen) atoms. The van der Waals surface area contributed by atoms with Gasteiger partial charge in [-0.15, -0.1) is 0 Å². The number of nitrogens with two attached hydrogens (primary N) is 1. The minimum Gasteiger partial charge on any atom is -0.508 e. The molecule has 0 saturated carbocycles. The highest BCUT2D eigenvalue weighted by Gasteiger charge is 2.43. The van der Waals surface area contributed by atoms with E-state index >= 15 is 0 Å². The summed E-state index contributed by atoms with van der Waals surface area (Å²) in [6.07, 6.45) is -2.91. The lowest BCUT2D eigenvalue weighted by molar-refractivity contribution is -0.199. The number of hydrogen-bond acceptors (Lipinski definition) is 10. The van der Waals surface area contributed by atoms with Gasteiger partial charge in [-0.1, -0.05) is 11.6 Å². The van der Waals surface area contributed by atoms with Crippen LogP contribution in [0.2, 0.25) is 0 Å². The quantitative estimate of drug-likeness (QED) is 0.134. The summed E-state index contributed by atoms with van der Waals surface area (Å²) >= 11 is 0. The molecule has 2 amide bonds. The number of allylic oxidation sites excluding steroid dienone is 2. The maximum absolute atomic E-state index is 13.0. The Morgan fingerprint density at radius 1 is 1.14 bits per heavy atom. The van der Waals surface area contributed by atoms with Crippen LogP contribution in [0.3, 0.4) is 0 Å². The highest BCUT2D eigenvalue weighted by atomic mass is 16.7. The molecule has 0 spiro atoms. The molecular weight excluding hydrogens is 560 g/mol. The summed E-state index contributed by atoms with van der Waals surface area (Å²) in [4.78, 5) is 37.4. The lowest BCUT2D eigenvalue weighted by atomic mass is 9.95. The Morgan fingerprint density at radius 3 is 2.44 bits per heavy atom. The van der Waals surface area contributed by atoms with Crippen LogP contribution in [-0.2, 0) is 20.6 Å². The second-order valence-corrected chi connectivity index (χ2v) is 10.7. The molecule has 1 aromatic heterocycles. The van der Waals surface area contributed by atoms with Crippen LogP contribution in [0, 0.1) is 6.92 Å². The number of aryl methyl sites for hydroxylation is 1. The van der Waals surface area contributed by atoms with E-state index in [0.29, 0.717) is 22.9 Å². The molecule has 12 nitrogen and oxygen atoms in total. The SMILES string of the molecule is COC(C(OC(N)=O)C(O)Oc1ccc2cc(NC(=O)c3ccc(O)c(CC=C(C)C)c3)c(=O)oc2c1C)C(C)(C)OC. The van der Waals surface area contributed by atoms with Crippen molar-refractivity contribution in [2.24, 2.45) is 5.73 Å². The number of hydrogen-bond donors (Lipinski definition) is 4. The first kappa shape index (κ1) is 33.1. The molecule has 3 rings (SSSR count). The van der Waals surface area contributed by atoms with Crippen LogP contribution in [-0.4, -0.2) is 60.5 Å². The molecule has 2 aromatic carbocycles. The molecule has 3 aromatic rings. The number of carbonyl (C=O) groups excluding carboxylic acids is 2. The fourth-order valence-corrected chi connectivity index (χ4v) is 4.45. The van der Waals surface area contributed by atoms with Crippen molar-refractivity contribution < 1.29 is 43.2 Å². The fraction of sp³-hybridized carbons (Fsp3) is 0.387. The predicted molar refractivity (Wildman–Crippen MR) is 159 cm³/mol. The summed E-state index contributed by atoms with van der Waals surface area (Å²) in [6, 6.07) is 8.98. The van der Waals surface area contributed by atoms with Gasteiger partial charge in [0, 0.05) is 30.7 Å². The third-order valence-corrected chi connectivity index (χ3v) is 6.97. The van der Waals surface area contributed by atoms with E-state index in [0.717, 1.165) is 5.57 Å². The van der Waals surface area contributed by atoms with Crippen molar-refractivity contribution in [1.29, 1.82) is 0 Å². The van der Waals surface area contributed by atoms with Gasteiger partial charge < -0.3 is 44.6 Å². The van der Waals surface area contributed by atoms with Crippen molar-refractivity contribution in [2.45, 2.75) is 65.1 Å². The Bertz CT molecular complexity index is 1570. The average Bonchev–Trinajstić information content (AvgIpc) is 2.94. The smallest absolute Gasteiger partial charge is 0.405 e. The molecule has 232 valence electrons. The first-order chi connectivity index (χ1) is 20.2. The molecule has 12 heteroatoms. The molecule has 1 heterocycles. The second-order valence-electron chi connectivity index (χ2n) is 10.7. The first-order valence-corrected chi connectivity index (χ1v) is 13.4. The molecular formula is C31H38N2O10. The van der Waals surface area contributed by atoms with Gasteiger partial charge in [0.05, 0.1) is 5.60 Å². The van der Waals surface area contributed by atoms with Crippen LogP contribution in [0.5, 0.6) is 11.5 Å². The number of phenolic OH excluding ortho intramolecular Hbond substituents is 1. The Morgan fingerprint density at radius 2 is 1.84 bits per heavy atom. The van der Waals surface area contributed by atoms with Gasteiger partial charge in [-0.2, -0.15) is 0 Å². The number of fused-ring (bicyclic) bond motifs is 1. The normalized spacial score (nSPS) is 13.6. The van der Waals surface area contributed by atoms with Gasteiger partial charge in [0.2, 0.25) is 6.29 Å². The van der Waals surface area contributed by atoms with Gasteiger partial charge in [0.1, 0.15) is 28.9 Å². The van der Waals surface area contributed by atoms with Gasteiger partial charge in [-0.25, -0.2) is 9.59 Å². The van der Waals surface area contributed by atoms with E-state index in [4.69, 9.17) is 29.1 Å². The van der Waals surface area contributed by atoms with E-state index in [1.54, 1.807) is 32.9 Å². The standard InChI is InChI=1S/C31H38N2O10/c1-16(2)8-9-18-14-20(10-12-22(18)34)27(35)33-21-15-19-11-13-23(17(3)24(19)42-28(21)36)41-29(37)25(43-30(32)38)26(39-6)31(4,5)40-7/h8,10-15,25-26,29,34,37H,9H2,1-7H3,(H2,32,38)(H,33,35). The van der Waals surface area contributed by atoms with Crippen LogP contribution < -0.4 is 21.4 Å². The summed E-state index contributed by atoms with van der Waals surface area (Å²) in [5.41, 5.74) is 5.69. The monoisotopic (exact) mass is 598 g/mol. The molecule has 0 radical (unpaired) electrons. The van der Waals surface area contributed by atoms with Crippen molar-refractivity contribution in [2.75, 3.05) is 19.5 Å². The number of aliphatic hydroxyl groups is 1. The summed E-state index contributed by atoms with van der Waals surface area (Å²) in [5, 5.41) is 24.1. The van der Waals surface area contributed by atoms with Crippen molar-refractivity contribution in [3.8, 4) is 11.5 Å². The number of nitrogens with one attached hydrogen (secondary N) is 1. The van der Waals surface area contributed by atoms with Gasteiger partial charge in [0.25, 0.3) is 5.91 Å². The Balaban J connectivity index is 1.89. The minimum atomic E-state index is -1.75. The number of aromatic hydroxyl groups is 1. The van der Waals surface area contributed by atoms with Crippen LogP contribution >= 0.6 is 0 Å². The molecule has 0 aliphatic heterocycles. The second kappa shape index (κ2) is 13.7. The first-order valence-electron chi connectivity index (χ1n) is 13.4. The summed E-state index contributed by atoms with van der Waals surface area (Å²) in [7, 11) is 2.79. The van der Waals surface area contributed by atoms with Crippen LogP contribution in [0.25, 0.3) is 11.0 Å². The van der Waals surface area contributed by atoms with E-state index in [1.807, 2.05) is 19.9 Å². The van der Waals surface area contributed by atoms with E-state index in [-0.39, 0.29) is 28.3 Å². The Hall–Kier alpha value is -4.39. The molecule has 0 saturated heterocycles. The van der Waals surface area contributed by atoms with Gasteiger partial charge in [-0.3, -0.25) is 4.79 Å². The van der Waals surface area contributed by atoms with E-state index in [2.05, 4.69) is 5.32 Å². The highest BCUT2D eigenvalue weighted by molar-refractivity contribution is 6.05. The highest BCUT2D eigenvalue weighted by Crippen LogP contribution is 2.31. The van der Waals surface area contributed by atoms with E-state index in [1.165, 1.54) is 38.5 Å². The van der Waals surface area contributed by atoms with Crippen molar-refractivity contribution in [3.63, 3.8) is 0 Å². The third kappa shape index (κ3) is 7.92. The molecule has 0 aliphatic carbocycles. The number of rotatable bonds is 12. The Kier molecular flexibility index (Phi) is 10.6. The summed E-state index contributed by atoms with van der Waals surface area (Å²) in [6.45, 7) is 8.81. The number of primary amides is 1. The lowest BCUT2D eigenvalue weighted by Crippen LogP contribution is -2.55. The van der Waals surface area contributed by atoms with Crippen molar-refractivity contribution in [1.82, 2.24) is 0 Å². The predicted octanol–water partition coefficient (Wildman–Crippen LogP) is 4.17. The number of phenols is 1. The average molecular weight is 599 g/mol. The zero-order valence-corrected chi connectivity index (χ0v) is 25.2. The molecule has 3 atom stereocenters. The summed E-state index contributed by atoms with van der Waals surface area (Å²) in [5.74, 6) is -0.376. The number of ether oxygens (including phenoxy) is 4. The van der Waals surface area contributed by atoms with Gasteiger partial charge in [0.15, 0.2) is 6.10 Å². The zero-order valence-electron chi connectivity index (χ0n) is 25.2. The zero-order chi connectivity index (χ0) is 32.1. The molecule has 0 fully saturated rings. The number of benzene rings is 2. The molecule has 3 unspecified atom stereocenters. The maximum atomic E-state index is 13.0. The minimum absolute atomic E-state index is 0.0607. The molecule has 5 N–H and O–H groups in total. The van der Waals surface area contributed by atoms with Gasteiger partial charge >= 0.3 is 11.7 Å². The molecule has 0 bridgehead atoms. The lowest BCUT2D eigenvalue weighted by Gasteiger charge is -2.38. The van der Waals surface area contributed by atoms with Crippen LogP contribution in [0.1, 0.15) is 49.2 Å². The largest absolute Gasteiger partial charge is 0.508 e. The van der Waals surface area contributed by atoms with Crippen LogP contribution in [0.4, 0.5) is 10.5 Å². The summed E-state index contributed by atoms with van der Waals surface area (Å²) < 4.78 is 27.2. The fourth-order valence-electron chi connectivity index (χ4n) is 4.45. The number of amides is 2. The van der Waals surface area contributed by atoms with E-state index < -0.39 is 41.7 Å². The Labute approximate surface area is 249 Å². The topological polar surface area (TPSA) is 180 Å². The van der Waals surface area contributed by atoms with Crippen LogP contribution in [0.15, 0.2) is 57.3 Å². The number of carbonyl (C=O) groups is 2. The van der Waals surface area contributed by atoms with Gasteiger partial charge in [-0.05, 0) is 83.0 Å². The number of methoxy groups -OCH3 is 2. The number of anilines is 1. The molecule has 0 aliphatic rings. The van der Waals surface area contributed by atoms with Crippen molar-refractivity contribution >= 4 is 28.7 Å². The van der Waals surface area contributed by atoms with Crippen molar-refractivity contribution in [3.05, 3.63) is 75.2 Å². The third-order valence-electron chi connectivity index (χ3n) is 6.97.